The summed E-state index contributed by atoms with van der Waals surface area (Å²) in [5, 5.41) is 3.17. The van der Waals surface area contributed by atoms with Gasteiger partial charge in [-0.25, -0.2) is 0 Å². The Labute approximate surface area is 167 Å². The molecule has 1 amide bonds. The Hall–Kier alpha value is -2.37. The predicted octanol–water partition coefficient (Wildman–Crippen LogP) is 3.13. The molecule has 1 N–H and O–H groups in total. The summed E-state index contributed by atoms with van der Waals surface area (Å²) in [4.78, 5) is 18.1. The van der Waals surface area contributed by atoms with Crippen molar-refractivity contribution in [2.45, 2.75) is 18.3 Å². The Morgan fingerprint density at radius 3 is 2.21 bits per heavy atom. The minimum atomic E-state index is -0.518. The van der Waals surface area contributed by atoms with Crippen molar-refractivity contribution >= 4 is 17.3 Å². The van der Waals surface area contributed by atoms with Crippen molar-refractivity contribution in [3.05, 3.63) is 60.2 Å². The van der Waals surface area contributed by atoms with Crippen LogP contribution in [0.25, 0.3) is 0 Å². The van der Waals surface area contributed by atoms with Gasteiger partial charge < -0.3 is 19.9 Å². The zero-order valence-corrected chi connectivity index (χ0v) is 16.6. The first-order valence-corrected chi connectivity index (χ1v) is 10.2. The summed E-state index contributed by atoms with van der Waals surface area (Å²) >= 11 is 0. The van der Waals surface area contributed by atoms with E-state index in [-0.39, 0.29) is 5.91 Å². The number of carbonyl (C=O) groups is 1. The normalized spacial score (nSPS) is 20.0. The minimum Gasteiger partial charge on any atom is -0.381 e. The van der Waals surface area contributed by atoms with Crippen molar-refractivity contribution in [1.82, 2.24) is 4.90 Å². The number of nitrogens with one attached hydrogen (secondary N) is 1. The van der Waals surface area contributed by atoms with E-state index < -0.39 is 5.41 Å². The van der Waals surface area contributed by atoms with Crippen LogP contribution in [-0.2, 0) is 14.9 Å². The van der Waals surface area contributed by atoms with E-state index in [1.54, 1.807) is 0 Å². The zero-order valence-electron chi connectivity index (χ0n) is 16.6. The van der Waals surface area contributed by atoms with Gasteiger partial charge in [-0.15, -0.1) is 0 Å². The van der Waals surface area contributed by atoms with Crippen LogP contribution in [0.2, 0.25) is 0 Å². The molecular formula is C23H29N3O2. The monoisotopic (exact) mass is 379 g/mol. The Bertz CT molecular complexity index is 777. The molecule has 2 aliphatic rings. The molecule has 0 radical (unpaired) electrons. The van der Waals surface area contributed by atoms with Crippen LogP contribution in [0.15, 0.2) is 54.6 Å². The third-order valence-corrected chi connectivity index (χ3v) is 6.10. The number of anilines is 2. The Morgan fingerprint density at radius 2 is 1.57 bits per heavy atom. The molecule has 0 unspecified atom stereocenters. The van der Waals surface area contributed by atoms with Gasteiger partial charge in [0.05, 0.1) is 5.41 Å². The van der Waals surface area contributed by atoms with Gasteiger partial charge in [0.1, 0.15) is 0 Å². The third-order valence-electron chi connectivity index (χ3n) is 6.10. The van der Waals surface area contributed by atoms with E-state index >= 15 is 0 Å². The fourth-order valence-corrected chi connectivity index (χ4v) is 4.19. The fraction of sp³-hybridized carbons (Fsp3) is 0.435. The van der Waals surface area contributed by atoms with Crippen LogP contribution in [0, 0.1) is 0 Å². The van der Waals surface area contributed by atoms with E-state index in [2.05, 4.69) is 46.4 Å². The highest BCUT2D eigenvalue weighted by atomic mass is 16.5. The van der Waals surface area contributed by atoms with Gasteiger partial charge in [0.25, 0.3) is 0 Å². The van der Waals surface area contributed by atoms with E-state index in [4.69, 9.17) is 4.74 Å². The lowest BCUT2D eigenvalue weighted by molar-refractivity contribution is -0.125. The number of benzene rings is 2. The number of piperazine rings is 1. The smallest absolute Gasteiger partial charge is 0.235 e. The van der Waals surface area contributed by atoms with Gasteiger partial charge in [-0.05, 0) is 49.7 Å². The molecule has 2 aliphatic heterocycles. The number of rotatable bonds is 4. The maximum atomic E-state index is 13.3. The first-order valence-electron chi connectivity index (χ1n) is 10.2. The largest absolute Gasteiger partial charge is 0.381 e. The average molecular weight is 380 g/mol. The maximum absolute atomic E-state index is 13.3. The van der Waals surface area contributed by atoms with Crippen molar-refractivity contribution in [2.75, 3.05) is 56.7 Å². The van der Waals surface area contributed by atoms with Crippen molar-refractivity contribution in [3.8, 4) is 0 Å². The molecule has 2 fully saturated rings. The molecule has 2 heterocycles. The van der Waals surface area contributed by atoms with E-state index in [0.29, 0.717) is 26.1 Å². The molecule has 5 nitrogen and oxygen atoms in total. The maximum Gasteiger partial charge on any atom is 0.235 e. The molecular weight excluding hydrogens is 350 g/mol. The number of likely N-dealkylation sites (N-methyl/N-ethyl adjacent to an activating group) is 1. The van der Waals surface area contributed by atoms with Crippen LogP contribution in [0.1, 0.15) is 18.4 Å². The second kappa shape index (κ2) is 8.33. The Morgan fingerprint density at radius 1 is 0.929 bits per heavy atom. The molecule has 0 saturated carbocycles. The van der Waals surface area contributed by atoms with Crippen molar-refractivity contribution in [1.29, 1.82) is 0 Å². The van der Waals surface area contributed by atoms with Crippen LogP contribution in [0.3, 0.4) is 0 Å². The number of ether oxygens (including phenoxy) is 1. The minimum absolute atomic E-state index is 0.0642. The molecule has 4 rings (SSSR count). The predicted molar refractivity (Wildman–Crippen MR) is 113 cm³/mol. The standard InChI is InChI=1S/C23H29N3O2/c1-25-13-15-26(16-14-25)21-9-7-20(8-10-21)24-22(27)23(11-17-28-18-12-23)19-5-3-2-4-6-19/h2-10H,11-18H2,1H3,(H,24,27). The highest BCUT2D eigenvalue weighted by Crippen LogP contribution is 2.36. The first kappa shape index (κ1) is 19.0. The molecule has 2 aromatic rings. The van der Waals surface area contributed by atoms with Gasteiger partial charge >= 0.3 is 0 Å². The molecule has 0 aromatic heterocycles. The van der Waals surface area contributed by atoms with Crippen molar-refractivity contribution in [2.24, 2.45) is 0 Å². The van der Waals surface area contributed by atoms with Gasteiger partial charge in [0, 0.05) is 50.8 Å². The van der Waals surface area contributed by atoms with Crippen molar-refractivity contribution < 1.29 is 9.53 Å². The molecule has 5 heteroatoms. The molecule has 0 atom stereocenters. The van der Waals surface area contributed by atoms with Crippen LogP contribution in [0.4, 0.5) is 11.4 Å². The first-order chi connectivity index (χ1) is 13.7. The molecule has 28 heavy (non-hydrogen) atoms. The van der Waals surface area contributed by atoms with Gasteiger partial charge in [0.2, 0.25) is 5.91 Å². The van der Waals surface area contributed by atoms with Crippen LogP contribution in [-0.4, -0.2) is 57.2 Å². The molecule has 2 aromatic carbocycles. The Balaban J connectivity index is 1.48. The molecule has 148 valence electrons. The third kappa shape index (κ3) is 3.91. The lowest BCUT2D eigenvalue weighted by atomic mass is 9.73. The van der Waals surface area contributed by atoms with Gasteiger partial charge in [0.15, 0.2) is 0 Å². The molecule has 0 aliphatic carbocycles. The van der Waals surface area contributed by atoms with E-state index in [1.165, 1.54) is 5.69 Å². The number of carbonyl (C=O) groups excluding carboxylic acids is 1. The number of hydrogen-bond acceptors (Lipinski definition) is 4. The summed E-state index contributed by atoms with van der Waals surface area (Å²) in [6, 6.07) is 18.4. The summed E-state index contributed by atoms with van der Waals surface area (Å²) in [5.41, 5.74) is 2.62. The molecule has 0 spiro atoms. The highest BCUT2D eigenvalue weighted by molar-refractivity contribution is 5.99. The lowest BCUT2D eigenvalue weighted by Gasteiger charge is -2.36. The van der Waals surface area contributed by atoms with Gasteiger partial charge in [-0.3, -0.25) is 4.79 Å². The van der Waals surface area contributed by atoms with E-state index in [9.17, 15) is 4.79 Å². The number of amides is 1. The second-order valence-electron chi connectivity index (χ2n) is 7.85. The van der Waals surface area contributed by atoms with Crippen LogP contribution < -0.4 is 10.2 Å². The van der Waals surface area contributed by atoms with E-state index in [0.717, 1.165) is 37.4 Å². The fourth-order valence-electron chi connectivity index (χ4n) is 4.19. The summed E-state index contributed by atoms with van der Waals surface area (Å²) < 4.78 is 5.55. The SMILES string of the molecule is CN1CCN(c2ccc(NC(=O)C3(c4ccccc4)CCOCC3)cc2)CC1. The zero-order chi connectivity index (χ0) is 19.4. The average Bonchev–Trinajstić information content (AvgIpc) is 2.76. The molecule has 2 saturated heterocycles. The van der Waals surface area contributed by atoms with Gasteiger partial charge in [-0.2, -0.15) is 0 Å². The number of nitrogens with zero attached hydrogens (tertiary/aromatic N) is 2. The van der Waals surface area contributed by atoms with Crippen LogP contribution >= 0.6 is 0 Å². The number of hydrogen-bond donors (Lipinski definition) is 1. The Kier molecular flexibility index (Phi) is 5.64. The topological polar surface area (TPSA) is 44.8 Å². The summed E-state index contributed by atoms with van der Waals surface area (Å²) in [6.07, 6.45) is 1.42. The van der Waals surface area contributed by atoms with Crippen molar-refractivity contribution in [3.63, 3.8) is 0 Å². The van der Waals surface area contributed by atoms with E-state index in [1.807, 2.05) is 30.3 Å². The summed E-state index contributed by atoms with van der Waals surface area (Å²) in [5.74, 6) is 0.0642. The molecule has 0 bridgehead atoms. The summed E-state index contributed by atoms with van der Waals surface area (Å²) in [7, 11) is 2.16. The quantitative estimate of drug-likeness (QED) is 0.887. The van der Waals surface area contributed by atoms with Gasteiger partial charge in [-0.1, -0.05) is 30.3 Å². The second-order valence-corrected chi connectivity index (χ2v) is 7.85. The lowest BCUT2D eigenvalue weighted by Crippen LogP contribution is -2.45. The highest BCUT2D eigenvalue weighted by Gasteiger charge is 2.41. The van der Waals surface area contributed by atoms with Crippen LogP contribution in [0.5, 0.6) is 0 Å². The summed E-state index contributed by atoms with van der Waals surface area (Å²) in [6.45, 7) is 5.48.